The van der Waals surface area contributed by atoms with E-state index in [0.29, 0.717) is 17.9 Å². The van der Waals surface area contributed by atoms with Crippen molar-refractivity contribution in [2.75, 3.05) is 7.11 Å². The summed E-state index contributed by atoms with van der Waals surface area (Å²) in [4.78, 5) is 11.6. The first-order chi connectivity index (χ1) is 8.10. The summed E-state index contributed by atoms with van der Waals surface area (Å²) in [7, 11) is 1.47. The summed E-state index contributed by atoms with van der Waals surface area (Å²) in [5.41, 5.74) is 0. The van der Waals surface area contributed by atoms with E-state index in [9.17, 15) is 4.79 Å². The Morgan fingerprint density at radius 2 is 2.00 bits per heavy atom. The fraction of sp³-hybridized carbons (Fsp3) is 0.929. The topological polar surface area (TPSA) is 38.3 Å². The summed E-state index contributed by atoms with van der Waals surface area (Å²) >= 11 is 0. The lowest BCUT2D eigenvalue weighted by atomic mass is 9.77. The second-order valence-corrected chi connectivity index (χ2v) is 5.45. The van der Waals surface area contributed by atoms with Crippen molar-refractivity contribution in [3.05, 3.63) is 0 Å². The molecule has 0 aromatic carbocycles. The second-order valence-electron chi connectivity index (χ2n) is 5.45. The molecule has 3 heteroatoms. The quantitative estimate of drug-likeness (QED) is 0.752. The van der Waals surface area contributed by atoms with E-state index in [4.69, 9.17) is 4.74 Å². The third-order valence-electron chi connectivity index (χ3n) is 3.98. The molecule has 1 N–H and O–H groups in total. The van der Waals surface area contributed by atoms with E-state index in [-0.39, 0.29) is 12.0 Å². The lowest BCUT2D eigenvalue weighted by molar-refractivity contribution is -0.143. The molecule has 3 unspecified atom stereocenters. The van der Waals surface area contributed by atoms with Crippen LogP contribution in [0.15, 0.2) is 0 Å². The van der Waals surface area contributed by atoms with Gasteiger partial charge >= 0.3 is 5.97 Å². The van der Waals surface area contributed by atoms with Crippen LogP contribution >= 0.6 is 0 Å². The van der Waals surface area contributed by atoms with Crippen molar-refractivity contribution in [2.45, 2.75) is 65.0 Å². The lowest BCUT2D eigenvalue weighted by Crippen LogP contribution is -2.49. The fourth-order valence-electron chi connectivity index (χ4n) is 2.92. The second kappa shape index (κ2) is 7.00. The van der Waals surface area contributed by atoms with Crippen LogP contribution in [0.5, 0.6) is 0 Å². The van der Waals surface area contributed by atoms with Gasteiger partial charge in [0.2, 0.25) is 0 Å². The Labute approximate surface area is 105 Å². The maximum atomic E-state index is 11.6. The van der Waals surface area contributed by atoms with Gasteiger partial charge in [-0.25, -0.2) is 0 Å². The minimum atomic E-state index is -0.135. The molecule has 3 nitrogen and oxygen atoms in total. The molecule has 0 amide bonds. The third-order valence-corrected chi connectivity index (χ3v) is 3.98. The molecule has 17 heavy (non-hydrogen) atoms. The van der Waals surface area contributed by atoms with Crippen LogP contribution in [-0.4, -0.2) is 25.2 Å². The lowest BCUT2D eigenvalue weighted by Gasteiger charge is -2.36. The first kappa shape index (κ1) is 14.5. The van der Waals surface area contributed by atoms with E-state index >= 15 is 0 Å². The van der Waals surface area contributed by atoms with Crippen molar-refractivity contribution in [2.24, 2.45) is 11.8 Å². The summed E-state index contributed by atoms with van der Waals surface area (Å²) < 4.78 is 4.84. The first-order valence-corrected chi connectivity index (χ1v) is 6.94. The molecule has 0 bridgehead atoms. The molecule has 1 aliphatic rings. The molecule has 0 spiro atoms. The Bertz CT molecular complexity index is 240. The Morgan fingerprint density at radius 1 is 1.35 bits per heavy atom. The molecule has 0 aromatic rings. The molecular formula is C14H27NO2. The maximum absolute atomic E-state index is 11.6. The standard InChI is InChI=1S/C14H27NO2/c1-5-12(14(16)17-4)15-13-9-7-6-8-11(13)10(2)3/h10-13,15H,5-9H2,1-4H3. The van der Waals surface area contributed by atoms with E-state index in [1.54, 1.807) is 0 Å². The number of carbonyl (C=O) groups excluding carboxylic acids is 1. The molecule has 0 aromatic heterocycles. The van der Waals surface area contributed by atoms with Gasteiger partial charge < -0.3 is 10.1 Å². The van der Waals surface area contributed by atoms with E-state index in [1.807, 2.05) is 6.92 Å². The van der Waals surface area contributed by atoms with Crippen LogP contribution in [0, 0.1) is 11.8 Å². The largest absolute Gasteiger partial charge is 0.468 e. The van der Waals surface area contributed by atoms with Gasteiger partial charge in [0.1, 0.15) is 6.04 Å². The zero-order chi connectivity index (χ0) is 12.8. The minimum Gasteiger partial charge on any atom is -0.468 e. The number of carbonyl (C=O) groups is 1. The van der Waals surface area contributed by atoms with Crippen LogP contribution in [-0.2, 0) is 9.53 Å². The highest BCUT2D eigenvalue weighted by Crippen LogP contribution is 2.30. The summed E-state index contributed by atoms with van der Waals surface area (Å²) in [6.45, 7) is 6.59. The highest BCUT2D eigenvalue weighted by atomic mass is 16.5. The number of methoxy groups -OCH3 is 1. The van der Waals surface area contributed by atoms with Crippen molar-refractivity contribution in [3.63, 3.8) is 0 Å². The predicted octanol–water partition coefficient (Wildman–Crippen LogP) is 2.74. The molecule has 0 saturated heterocycles. The molecule has 0 aliphatic heterocycles. The molecule has 100 valence electrons. The summed E-state index contributed by atoms with van der Waals surface area (Å²) in [5.74, 6) is 1.26. The molecule has 1 aliphatic carbocycles. The molecular weight excluding hydrogens is 214 g/mol. The Morgan fingerprint density at radius 3 is 2.53 bits per heavy atom. The van der Waals surface area contributed by atoms with Gasteiger partial charge in [0.15, 0.2) is 0 Å². The minimum absolute atomic E-state index is 0.124. The van der Waals surface area contributed by atoms with Crippen molar-refractivity contribution >= 4 is 5.97 Å². The normalized spacial score (nSPS) is 26.9. The van der Waals surface area contributed by atoms with E-state index in [1.165, 1.54) is 32.8 Å². The van der Waals surface area contributed by atoms with Crippen molar-refractivity contribution in [1.82, 2.24) is 5.32 Å². The zero-order valence-electron chi connectivity index (χ0n) is 11.7. The first-order valence-electron chi connectivity index (χ1n) is 6.94. The smallest absolute Gasteiger partial charge is 0.322 e. The van der Waals surface area contributed by atoms with Gasteiger partial charge in [0.25, 0.3) is 0 Å². The van der Waals surface area contributed by atoms with Crippen LogP contribution in [0.1, 0.15) is 52.9 Å². The predicted molar refractivity (Wildman–Crippen MR) is 69.8 cm³/mol. The Balaban J connectivity index is 2.59. The van der Waals surface area contributed by atoms with Crippen molar-refractivity contribution in [3.8, 4) is 0 Å². The van der Waals surface area contributed by atoms with Crippen molar-refractivity contribution in [1.29, 1.82) is 0 Å². The van der Waals surface area contributed by atoms with Gasteiger partial charge in [-0.05, 0) is 31.1 Å². The summed E-state index contributed by atoms with van der Waals surface area (Å²) in [5, 5.41) is 3.51. The molecule has 1 fully saturated rings. The van der Waals surface area contributed by atoms with E-state index in [0.717, 1.165) is 6.42 Å². The van der Waals surface area contributed by atoms with Crippen LogP contribution < -0.4 is 5.32 Å². The van der Waals surface area contributed by atoms with Gasteiger partial charge in [-0.3, -0.25) is 4.79 Å². The van der Waals surface area contributed by atoms with Crippen molar-refractivity contribution < 1.29 is 9.53 Å². The van der Waals surface area contributed by atoms with E-state index in [2.05, 4.69) is 19.2 Å². The van der Waals surface area contributed by atoms with Crippen LogP contribution in [0.25, 0.3) is 0 Å². The van der Waals surface area contributed by atoms with Gasteiger partial charge in [0, 0.05) is 6.04 Å². The summed E-state index contributed by atoms with van der Waals surface area (Å²) in [6, 6.07) is 0.345. The van der Waals surface area contributed by atoms with Gasteiger partial charge in [-0.15, -0.1) is 0 Å². The van der Waals surface area contributed by atoms with Crippen LogP contribution in [0.2, 0.25) is 0 Å². The summed E-state index contributed by atoms with van der Waals surface area (Å²) in [6.07, 6.45) is 5.88. The van der Waals surface area contributed by atoms with Crippen LogP contribution in [0.3, 0.4) is 0 Å². The molecule has 1 rings (SSSR count). The molecule has 1 saturated carbocycles. The number of rotatable bonds is 5. The monoisotopic (exact) mass is 241 g/mol. The number of nitrogens with one attached hydrogen (secondary N) is 1. The molecule has 0 heterocycles. The van der Waals surface area contributed by atoms with Gasteiger partial charge in [0.05, 0.1) is 7.11 Å². The average Bonchev–Trinajstić information content (AvgIpc) is 2.35. The van der Waals surface area contributed by atoms with E-state index < -0.39 is 0 Å². The molecule has 3 atom stereocenters. The number of hydrogen-bond donors (Lipinski definition) is 1. The highest BCUT2D eigenvalue weighted by molar-refractivity contribution is 5.75. The van der Waals surface area contributed by atoms with Gasteiger partial charge in [-0.2, -0.15) is 0 Å². The average molecular weight is 241 g/mol. The Kier molecular flexibility index (Phi) is 5.96. The SMILES string of the molecule is CCC(NC1CCCCC1C(C)C)C(=O)OC. The third kappa shape index (κ3) is 3.98. The molecule has 0 radical (unpaired) electrons. The highest BCUT2D eigenvalue weighted by Gasteiger charge is 2.30. The Hall–Kier alpha value is -0.570. The fourth-order valence-corrected chi connectivity index (χ4v) is 2.92. The zero-order valence-corrected chi connectivity index (χ0v) is 11.7. The van der Waals surface area contributed by atoms with Gasteiger partial charge in [-0.1, -0.05) is 33.6 Å². The maximum Gasteiger partial charge on any atom is 0.322 e. The number of esters is 1. The van der Waals surface area contributed by atoms with Crippen LogP contribution in [0.4, 0.5) is 0 Å². The number of hydrogen-bond acceptors (Lipinski definition) is 3. The number of ether oxygens (including phenoxy) is 1.